The molecule has 0 aliphatic rings. The van der Waals surface area contributed by atoms with Gasteiger partial charge in [0, 0.05) is 29.3 Å². The summed E-state index contributed by atoms with van der Waals surface area (Å²) in [4.78, 5) is 63.4. The minimum Gasteiger partial charge on any atom is -0.480 e. The number of carboxylic acids is 1. The predicted molar refractivity (Wildman–Crippen MR) is 128 cm³/mol. The number of fused-ring (bicyclic) bond motifs is 1. The van der Waals surface area contributed by atoms with Crippen molar-refractivity contribution in [3.05, 3.63) is 36.0 Å². The Bertz CT molecular complexity index is 1090. The van der Waals surface area contributed by atoms with E-state index in [1.165, 1.54) is 0 Å². The van der Waals surface area contributed by atoms with Gasteiger partial charge in [0.2, 0.25) is 23.6 Å². The fourth-order valence-corrected chi connectivity index (χ4v) is 3.40. The standard InChI is InChI=1S/C21H28N6O7S/c22-12(9-35)18(30)25-14(6-17(23)29)19(31)27-16(8-28)20(32)26-15(21(33)34)5-10-7-24-13-4-2-1-3-11(10)13/h1-4,7,12,14-16,24,28,35H,5-6,8-9,22H2,(H2,23,29)(H,25,30)(H,26,32)(H,27,31)(H,33,34). The number of amides is 4. The predicted octanol–water partition coefficient (Wildman–Crippen LogP) is -2.63. The summed E-state index contributed by atoms with van der Waals surface area (Å²) in [6.07, 6.45) is 0.957. The Kier molecular flexibility index (Phi) is 10.1. The lowest BCUT2D eigenvalue weighted by Crippen LogP contribution is -2.59. The molecule has 2 aromatic rings. The van der Waals surface area contributed by atoms with Gasteiger partial charge in [-0.15, -0.1) is 0 Å². The lowest BCUT2D eigenvalue weighted by molar-refractivity contribution is -0.142. The maximum Gasteiger partial charge on any atom is 0.326 e. The highest BCUT2D eigenvalue weighted by molar-refractivity contribution is 7.80. The quantitative estimate of drug-likeness (QED) is 0.130. The summed E-state index contributed by atoms with van der Waals surface area (Å²) in [6, 6.07) is 1.72. The van der Waals surface area contributed by atoms with E-state index >= 15 is 0 Å². The maximum absolute atomic E-state index is 12.7. The van der Waals surface area contributed by atoms with Gasteiger partial charge in [0.15, 0.2) is 0 Å². The third kappa shape index (κ3) is 7.70. The zero-order chi connectivity index (χ0) is 26.1. The third-order valence-corrected chi connectivity index (χ3v) is 5.49. The van der Waals surface area contributed by atoms with E-state index in [1.54, 1.807) is 18.3 Å². The summed E-state index contributed by atoms with van der Waals surface area (Å²) in [5.74, 6) is -5.04. The van der Waals surface area contributed by atoms with E-state index in [0.717, 1.165) is 10.9 Å². The van der Waals surface area contributed by atoms with E-state index < -0.39 is 66.8 Å². The highest BCUT2D eigenvalue weighted by atomic mass is 32.1. The van der Waals surface area contributed by atoms with Gasteiger partial charge in [-0.2, -0.15) is 12.6 Å². The van der Waals surface area contributed by atoms with Gasteiger partial charge in [0.05, 0.1) is 19.1 Å². The Hall–Kier alpha value is -3.62. The monoisotopic (exact) mass is 508 g/mol. The van der Waals surface area contributed by atoms with Crippen LogP contribution in [-0.2, 0) is 30.4 Å². The van der Waals surface area contributed by atoms with E-state index in [-0.39, 0.29) is 12.2 Å². The molecule has 1 heterocycles. The zero-order valence-electron chi connectivity index (χ0n) is 18.6. The number of rotatable bonds is 13. The molecule has 0 saturated heterocycles. The molecule has 1 aromatic heterocycles. The summed E-state index contributed by atoms with van der Waals surface area (Å²) in [5, 5.41) is 26.7. The van der Waals surface area contributed by atoms with Crippen molar-refractivity contribution in [1.82, 2.24) is 20.9 Å². The number of para-hydroxylation sites is 1. The van der Waals surface area contributed by atoms with Crippen LogP contribution >= 0.6 is 12.6 Å². The number of aliphatic hydroxyl groups is 1. The Morgan fingerprint density at radius 1 is 0.971 bits per heavy atom. The molecular formula is C21H28N6O7S. The van der Waals surface area contributed by atoms with Crippen LogP contribution in [0.25, 0.3) is 10.9 Å². The number of aromatic nitrogens is 1. The molecule has 10 N–H and O–H groups in total. The van der Waals surface area contributed by atoms with E-state index in [9.17, 15) is 34.2 Å². The number of thiol groups is 1. The SMILES string of the molecule is NC(=O)CC(NC(=O)C(N)CS)C(=O)NC(CO)C(=O)NC(Cc1c[nH]c2ccccc12)C(=O)O. The average molecular weight is 509 g/mol. The van der Waals surface area contributed by atoms with Crippen LogP contribution in [0, 0.1) is 0 Å². The first-order chi connectivity index (χ1) is 16.6. The third-order valence-electron chi connectivity index (χ3n) is 5.10. The number of aliphatic carboxylic acids is 1. The number of primary amides is 1. The van der Waals surface area contributed by atoms with Crippen molar-refractivity contribution >= 4 is 53.1 Å². The lowest BCUT2D eigenvalue weighted by Gasteiger charge is -2.23. The number of nitrogens with one attached hydrogen (secondary N) is 4. The summed E-state index contributed by atoms with van der Waals surface area (Å²) in [6.45, 7) is -0.885. The molecule has 14 heteroatoms. The molecule has 4 atom stereocenters. The summed E-state index contributed by atoms with van der Waals surface area (Å²) in [5.41, 5.74) is 12.1. The molecule has 190 valence electrons. The van der Waals surface area contributed by atoms with Gasteiger partial charge in [0.25, 0.3) is 0 Å². The number of carbonyl (C=O) groups is 5. The molecule has 4 unspecified atom stereocenters. The number of H-pyrrole nitrogens is 1. The Balaban J connectivity index is 2.10. The highest BCUT2D eigenvalue weighted by Gasteiger charge is 2.31. The smallest absolute Gasteiger partial charge is 0.326 e. The van der Waals surface area contributed by atoms with Crippen LogP contribution in [0.5, 0.6) is 0 Å². The van der Waals surface area contributed by atoms with E-state index in [2.05, 4.69) is 33.6 Å². The van der Waals surface area contributed by atoms with Crippen LogP contribution in [0.4, 0.5) is 0 Å². The van der Waals surface area contributed by atoms with E-state index in [0.29, 0.717) is 5.56 Å². The van der Waals surface area contributed by atoms with Gasteiger partial charge in [-0.25, -0.2) is 4.79 Å². The number of nitrogens with two attached hydrogens (primary N) is 2. The van der Waals surface area contributed by atoms with Crippen LogP contribution in [0.3, 0.4) is 0 Å². The molecule has 0 bridgehead atoms. The Morgan fingerprint density at radius 2 is 1.57 bits per heavy atom. The summed E-state index contributed by atoms with van der Waals surface area (Å²) >= 11 is 3.88. The topological polar surface area (TPSA) is 230 Å². The van der Waals surface area contributed by atoms with Crippen LogP contribution in [-0.4, -0.2) is 81.3 Å². The molecule has 1 aromatic carbocycles. The van der Waals surface area contributed by atoms with Gasteiger partial charge in [-0.3, -0.25) is 19.2 Å². The number of hydrogen-bond acceptors (Lipinski definition) is 8. The fourth-order valence-electron chi connectivity index (χ4n) is 3.23. The van der Waals surface area contributed by atoms with Gasteiger partial charge >= 0.3 is 5.97 Å². The number of hydrogen-bond donors (Lipinski definition) is 9. The molecule has 0 aliphatic heterocycles. The van der Waals surface area contributed by atoms with Gasteiger partial charge < -0.3 is 42.6 Å². The average Bonchev–Trinajstić information content (AvgIpc) is 3.23. The number of benzene rings is 1. The van der Waals surface area contributed by atoms with Crippen molar-refractivity contribution in [3.8, 4) is 0 Å². The second-order valence-electron chi connectivity index (χ2n) is 7.73. The van der Waals surface area contributed by atoms with Crippen molar-refractivity contribution in [1.29, 1.82) is 0 Å². The van der Waals surface area contributed by atoms with Crippen molar-refractivity contribution in [2.45, 2.75) is 37.0 Å². The normalized spacial score (nSPS) is 14.4. The van der Waals surface area contributed by atoms with Gasteiger partial charge in [-0.1, -0.05) is 18.2 Å². The van der Waals surface area contributed by atoms with Crippen molar-refractivity contribution in [3.63, 3.8) is 0 Å². The molecule has 2 rings (SSSR count). The molecule has 0 spiro atoms. The van der Waals surface area contributed by atoms with Crippen molar-refractivity contribution in [2.24, 2.45) is 11.5 Å². The Morgan fingerprint density at radius 3 is 2.17 bits per heavy atom. The maximum atomic E-state index is 12.7. The Labute approximate surface area is 205 Å². The van der Waals surface area contributed by atoms with Crippen LogP contribution < -0.4 is 27.4 Å². The van der Waals surface area contributed by atoms with Crippen molar-refractivity contribution in [2.75, 3.05) is 12.4 Å². The number of aromatic amines is 1. The first-order valence-electron chi connectivity index (χ1n) is 10.5. The number of carbonyl (C=O) groups excluding carboxylic acids is 4. The molecule has 0 aliphatic carbocycles. The minimum atomic E-state index is -1.57. The second-order valence-corrected chi connectivity index (χ2v) is 8.09. The lowest BCUT2D eigenvalue weighted by atomic mass is 10.0. The first kappa shape index (κ1) is 27.6. The van der Waals surface area contributed by atoms with Crippen molar-refractivity contribution < 1.29 is 34.2 Å². The van der Waals surface area contributed by atoms with Crippen LogP contribution in [0.2, 0.25) is 0 Å². The minimum absolute atomic E-state index is 0.0363. The molecule has 0 fully saturated rings. The molecular weight excluding hydrogens is 480 g/mol. The molecule has 0 radical (unpaired) electrons. The number of carboxylic acid groups (broad SMARTS) is 1. The van der Waals surface area contributed by atoms with E-state index in [1.807, 2.05) is 12.1 Å². The fraction of sp³-hybridized carbons (Fsp3) is 0.381. The number of aliphatic hydroxyl groups excluding tert-OH is 1. The van der Waals surface area contributed by atoms with Crippen LogP contribution in [0.15, 0.2) is 30.5 Å². The molecule has 35 heavy (non-hydrogen) atoms. The van der Waals surface area contributed by atoms with Gasteiger partial charge in [0.1, 0.15) is 18.1 Å². The van der Waals surface area contributed by atoms with Crippen LogP contribution in [0.1, 0.15) is 12.0 Å². The largest absolute Gasteiger partial charge is 0.480 e. The molecule has 13 nitrogen and oxygen atoms in total. The first-order valence-corrected chi connectivity index (χ1v) is 11.1. The second kappa shape index (κ2) is 12.7. The summed E-state index contributed by atoms with van der Waals surface area (Å²) < 4.78 is 0. The van der Waals surface area contributed by atoms with Gasteiger partial charge in [-0.05, 0) is 11.6 Å². The molecule has 0 saturated carbocycles. The van der Waals surface area contributed by atoms with E-state index in [4.69, 9.17) is 11.5 Å². The zero-order valence-corrected chi connectivity index (χ0v) is 19.5. The molecule has 4 amide bonds. The summed E-state index contributed by atoms with van der Waals surface area (Å²) in [7, 11) is 0. The highest BCUT2D eigenvalue weighted by Crippen LogP contribution is 2.19.